The predicted octanol–water partition coefficient (Wildman–Crippen LogP) is 2.58. The summed E-state index contributed by atoms with van der Waals surface area (Å²) in [5, 5.41) is 8.25. The van der Waals surface area contributed by atoms with Gasteiger partial charge in [-0.15, -0.1) is 0 Å². The normalized spacial score (nSPS) is 13.1. The summed E-state index contributed by atoms with van der Waals surface area (Å²) in [6.07, 6.45) is 2.92. The fourth-order valence-corrected chi connectivity index (χ4v) is 3.61. The maximum Gasteiger partial charge on any atom is 0.407 e. The molecule has 13 heteroatoms. The van der Waals surface area contributed by atoms with Crippen molar-refractivity contribution in [1.82, 2.24) is 16.0 Å². The van der Waals surface area contributed by atoms with Crippen LogP contribution in [0.5, 0.6) is 0 Å². The molecule has 0 aliphatic heterocycles. The van der Waals surface area contributed by atoms with E-state index in [9.17, 15) is 19.2 Å². The maximum absolute atomic E-state index is 13.3. The molecule has 0 radical (unpaired) electrons. The van der Waals surface area contributed by atoms with E-state index in [4.69, 9.17) is 29.4 Å². The molecule has 252 valence electrons. The van der Waals surface area contributed by atoms with Crippen molar-refractivity contribution < 1.29 is 42.9 Å². The molecule has 0 aromatic rings. The lowest BCUT2D eigenvalue weighted by Crippen LogP contribution is -2.52. The number of esters is 1. The molecule has 0 saturated heterocycles. The summed E-state index contributed by atoms with van der Waals surface area (Å²) in [7, 11) is 0. The molecule has 13 nitrogen and oxygen atoms in total. The number of hydrogen-bond donors (Lipinski definition) is 4. The second kappa shape index (κ2) is 23.0. The fraction of sp³-hybridized carbons (Fsp3) is 0.867. The summed E-state index contributed by atoms with van der Waals surface area (Å²) >= 11 is 0. The molecule has 0 aliphatic carbocycles. The number of nitrogens with one attached hydrogen (secondary N) is 3. The van der Waals surface area contributed by atoms with Crippen LogP contribution < -0.4 is 21.7 Å². The molecule has 1 unspecified atom stereocenters. The first-order valence-corrected chi connectivity index (χ1v) is 15.4. The molecule has 0 rings (SSSR count). The molecule has 0 aromatic carbocycles. The first kappa shape index (κ1) is 40.5. The lowest BCUT2D eigenvalue weighted by molar-refractivity contribution is -0.159. The number of hydrogen-bond acceptors (Lipinski definition) is 10. The van der Waals surface area contributed by atoms with Crippen LogP contribution in [0.2, 0.25) is 0 Å². The van der Waals surface area contributed by atoms with Crippen molar-refractivity contribution in [3.8, 4) is 0 Å². The van der Waals surface area contributed by atoms with E-state index >= 15 is 0 Å². The molecule has 0 bridgehead atoms. The Morgan fingerprint density at radius 3 is 1.81 bits per heavy atom. The van der Waals surface area contributed by atoms with Crippen LogP contribution >= 0.6 is 0 Å². The Hall–Kier alpha value is -2.48. The first-order chi connectivity index (χ1) is 20.2. The van der Waals surface area contributed by atoms with E-state index in [0.717, 1.165) is 12.8 Å². The Morgan fingerprint density at radius 2 is 1.26 bits per heavy atom. The van der Waals surface area contributed by atoms with Crippen LogP contribution in [-0.2, 0) is 38.1 Å². The van der Waals surface area contributed by atoms with Gasteiger partial charge in [-0.25, -0.2) is 9.59 Å². The highest BCUT2D eigenvalue weighted by molar-refractivity contribution is 5.90. The molecule has 3 amide bonds. The zero-order valence-corrected chi connectivity index (χ0v) is 27.5. The van der Waals surface area contributed by atoms with E-state index < -0.39 is 41.3 Å². The highest BCUT2D eigenvalue weighted by atomic mass is 16.6. The summed E-state index contributed by atoms with van der Waals surface area (Å²) in [4.78, 5) is 50.7. The Morgan fingerprint density at radius 1 is 0.698 bits per heavy atom. The van der Waals surface area contributed by atoms with E-state index in [2.05, 4.69) is 16.0 Å². The van der Waals surface area contributed by atoms with E-state index in [1.807, 2.05) is 6.92 Å². The van der Waals surface area contributed by atoms with Gasteiger partial charge >= 0.3 is 12.1 Å². The van der Waals surface area contributed by atoms with Crippen molar-refractivity contribution in [2.45, 2.75) is 117 Å². The van der Waals surface area contributed by atoms with E-state index in [1.165, 1.54) is 0 Å². The van der Waals surface area contributed by atoms with Gasteiger partial charge in [0.05, 0.1) is 39.6 Å². The number of rotatable bonds is 23. The van der Waals surface area contributed by atoms with Crippen molar-refractivity contribution in [1.29, 1.82) is 0 Å². The van der Waals surface area contributed by atoms with Crippen molar-refractivity contribution in [2.75, 3.05) is 52.7 Å². The Bertz CT molecular complexity index is 797. The number of ether oxygens (including phenoxy) is 5. The summed E-state index contributed by atoms with van der Waals surface area (Å²) in [6, 6.07) is -1.71. The van der Waals surface area contributed by atoms with Crippen LogP contribution in [0.1, 0.15) is 93.4 Å². The lowest BCUT2D eigenvalue weighted by Gasteiger charge is -2.26. The van der Waals surface area contributed by atoms with Gasteiger partial charge in [0.2, 0.25) is 11.8 Å². The number of carbonyl (C=O) groups is 4. The summed E-state index contributed by atoms with van der Waals surface area (Å²) in [5.41, 5.74) is 4.05. The van der Waals surface area contributed by atoms with Gasteiger partial charge in [-0.05, 0) is 67.2 Å². The summed E-state index contributed by atoms with van der Waals surface area (Å²) < 4.78 is 26.8. The topological polar surface area (TPSA) is 177 Å². The van der Waals surface area contributed by atoms with Crippen molar-refractivity contribution in [3.63, 3.8) is 0 Å². The lowest BCUT2D eigenvalue weighted by atomic mass is 10.1. The fourth-order valence-electron chi connectivity index (χ4n) is 3.61. The molecule has 0 heterocycles. The maximum atomic E-state index is 13.3. The van der Waals surface area contributed by atoms with Gasteiger partial charge in [-0.3, -0.25) is 9.59 Å². The number of unbranched alkanes of at least 4 members (excludes halogenated alkanes) is 2. The largest absolute Gasteiger partial charge is 0.458 e. The molecule has 5 N–H and O–H groups in total. The van der Waals surface area contributed by atoms with Gasteiger partial charge in [0.15, 0.2) is 0 Å². The van der Waals surface area contributed by atoms with Crippen LogP contribution in [0.3, 0.4) is 0 Å². The smallest absolute Gasteiger partial charge is 0.407 e. The van der Waals surface area contributed by atoms with Gasteiger partial charge < -0.3 is 45.4 Å². The zero-order valence-electron chi connectivity index (χ0n) is 27.5. The van der Waals surface area contributed by atoms with Crippen molar-refractivity contribution in [3.05, 3.63) is 0 Å². The highest BCUT2D eigenvalue weighted by Crippen LogP contribution is 2.13. The van der Waals surface area contributed by atoms with Gasteiger partial charge in [0, 0.05) is 19.5 Å². The Labute approximate surface area is 258 Å². The third-order valence-corrected chi connectivity index (χ3v) is 5.57. The summed E-state index contributed by atoms with van der Waals surface area (Å²) in [6.45, 7) is 15.6. The second-order valence-electron chi connectivity index (χ2n) is 12.2. The average molecular weight is 619 g/mol. The molecule has 0 saturated carbocycles. The minimum Gasteiger partial charge on any atom is -0.458 e. The second-order valence-corrected chi connectivity index (χ2v) is 12.2. The summed E-state index contributed by atoms with van der Waals surface area (Å²) in [5.74, 6) is -1.33. The molecule has 43 heavy (non-hydrogen) atoms. The molecule has 0 aromatic heterocycles. The van der Waals surface area contributed by atoms with Gasteiger partial charge in [-0.1, -0.05) is 19.8 Å². The van der Waals surface area contributed by atoms with E-state index in [0.29, 0.717) is 71.8 Å². The van der Waals surface area contributed by atoms with Crippen LogP contribution in [0.4, 0.5) is 4.79 Å². The Balaban J connectivity index is 4.98. The molecule has 0 aliphatic rings. The first-order valence-electron chi connectivity index (χ1n) is 15.4. The van der Waals surface area contributed by atoms with Gasteiger partial charge in [0.1, 0.15) is 23.3 Å². The molecular weight excluding hydrogens is 560 g/mol. The van der Waals surface area contributed by atoms with Gasteiger partial charge in [-0.2, -0.15) is 0 Å². The van der Waals surface area contributed by atoms with Crippen LogP contribution in [0.15, 0.2) is 0 Å². The average Bonchev–Trinajstić information content (AvgIpc) is 2.89. The standard InChI is InChI=1S/C30H58N4O9/c1-8-9-12-24(27(37)42-29(2,3)4)34-26(36)23(13-10-11-16-32-28(38)43-30(5,6)7)33-25(35)14-17-39-19-21-41-22-20-40-18-15-31/h23-24H,8-22,31H2,1-7H3,(H,32,38)(H,33,35)(H,34,36)/t23-,24?/m0/s1. The van der Waals surface area contributed by atoms with Crippen LogP contribution in [-0.4, -0.2) is 99.9 Å². The van der Waals surface area contributed by atoms with Gasteiger partial charge in [0.25, 0.3) is 0 Å². The van der Waals surface area contributed by atoms with Crippen LogP contribution in [0.25, 0.3) is 0 Å². The van der Waals surface area contributed by atoms with Crippen molar-refractivity contribution in [2.24, 2.45) is 5.73 Å². The quantitative estimate of drug-likeness (QED) is 0.0983. The van der Waals surface area contributed by atoms with Crippen molar-refractivity contribution >= 4 is 23.9 Å². The molecule has 0 fully saturated rings. The Kier molecular flexibility index (Phi) is 21.7. The third kappa shape index (κ3) is 24.6. The predicted molar refractivity (Wildman–Crippen MR) is 163 cm³/mol. The number of nitrogens with two attached hydrogens (primary N) is 1. The van der Waals surface area contributed by atoms with E-state index in [-0.39, 0.29) is 18.9 Å². The zero-order chi connectivity index (χ0) is 32.7. The molecular formula is C30H58N4O9. The molecule has 2 atom stereocenters. The highest BCUT2D eigenvalue weighted by Gasteiger charge is 2.29. The third-order valence-electron chi connectivity index (χ3n) is 5.57. The monoisotopic (exact) mass is 618 g/mol. The minimum absolute atomic E-state index is 0.0505. The van der Waals surface area contributed by atoms with E-state index in [1.54, 1.807) is 41.5 Å². The number of amides is 3. The minimum atomic E-state index is -0.877. The van der Waals surface area contributed by atoms with Crippen LogP contribution in [0, 0.1) is 0 Å². The number of carbonyl (C=O) groups excluding carboxylic acids is 4. The SMILES string of the molecule is CCCCC(NC(=O)[C@H](CCCCNC(=O)OC(C)(C)C)NC(=O)CCOCCOCCOCCN)C(=O)OC(C)(C)C. The number of alkyl carbamates (subject to hydrolysis) is 1. The molecule has 0 spiro atoms.